The second-order valence-corrected chi connectivity index (χ2v) is 8.26. The lowest BCUT2D eigenvalue weighted by atomic mass is 10.1. The van der Waals surface area contributed by atoms with Crippen LogP contribution in [0.4, 0.5) is 17.1 Å². The van der Waals surface area contributed by atoms with Crippen molar-refractivity contribution in [2.75, 3.05) is 10.6 Å². The van der Waals surface area contributed by atoms with Crippen LogP contribution in [0.1, 0.15) is 20.0 Å². The first kappa shape index (κ1) is 20.2. The fourth-order valence-electron chi connectivity index (χ4n) is 2.95. The van der Waals surface area contributed by atoms with Gasteiger partial charge in [0, 0.05) is 26.5 Å². The number of rotatable bonds is 5. The summed E-state index contributed by atoms with van der Waals surface area (Å²) in [5.74, 6) is -1.61. The van der Waals surface area contributed by atoms with Gasteiger partial charge in [0.25, 0.3) is 5.91 Å². The second-order valence-electron chi connectivity index (χ2n) is 6.39. The van der Waals surface area contributed by atoms with Gasteiger partial charge in [0.05, 0.1) is 16.3 Å². The maximum Gasteiger partial charge on any atom is 0.337 e. The number of carbonyl (C=O) groups excluding carboxylic acids is 1. The highest BCUT2D eigenvalue weighted by atomic mass is 35.5. The molecule has 0 radical (unpaired) electrons. The Kier molecular flexibility index (Phi) is 5.63. The van der Waals surface area contributed by atoms with Gasteiger partial charge in [-0.15, -0.1) is 11.3 Å². The van der Waals surface area contributed by atoms with Crippen LogP contribution in [-0.2, 0) is 0 Å². The Balaban J connectivity index is 1.65. The monoisotopic (exact) mass is 456 g/mol. The highest BCUT2D eigenvalue weighted by molar-refractivity contribution is 7.21. The standard InChI is InChI=1S/C22H14Cl2N2O3S/c23-12-5-7-13(8-6-12)25-14-9-10-15(22(28)29)17(11-14)26-21(27)20-19(24)16-3-1-2-4-18(16)30-20/h1-11,25H,(H,26,27)(H,28,29). The SMILES string of the molecule is O=C(O)c1ccc(Nc2ccc(Cl)cc2)cc1NC(=O)c1sc2ccccc2c1Cl. The topological polar surface area (TPSA) is 78.4 Å². The minimum absolute atomic E-state index is 0.0257. The summed E-state index contributed by atoms with van der Waals surface area (Å²) >= 11 is 13.5. The summed E-state index contributed by atoms with van der Waals surface area (Å²) in [4.78, 5) is 24.8. The molecular formula is C22H14Cl2N2O3S. The van der Waals surface area contributed by atoms with Crippen molar-refractivity contribution in [1.82, 2.24) is 0 Å². The van der Waals surface area contributed by atoms with Gasteiger partial charge in [-0.3, -0.25) is 4.79 Å². The van der Waals surface area contributed by atoms with E-state index in [4.69, 9.17) is 23.2 Å². The summed E-state index contributed by atoms with van der Waals surface area (Å²) in [5.41, 5.74) is 1.52. The minimum atomic E-state index is -1.15. The molecule has 0 saturated heterocycles. The molecule has 1 aromatic heterocycles. The fourth-order valence-corrected chi connectivity index (χ4v) is 4.49. The molecule has 30 heavy (non-hydrogen) atoms. The Morgan fingerprint density at radius 3 is 2.30 bits per heavy atom. The number of nitrogens with one attached hydrogen (secondary N) is 2. The van der Waals surface area contributed by atoms with Crippen LogP contribution < -0.4 is 10.6 Å². The number of thiophene rings is 1. The van der Waals surface area contributed by atoms with E-state index in [-0.39, 0.29) is 11.3 Å². The molecule has 0 aliphatic carbocycles. The summed E-state index contributed by atoms with van der Waals surface area (Å²) in [5, 5.41) is 17.1. The minimum Gasteiger partial charge on any atom is -0.478 e. The van der Waals surface area contributed by atoms with Crippen LogP contribution in [0.5, 0.6) is 0 Å². The van der Waals surface area contributed by atoms with Crippen LogP contribution >= 0.6 is 34.5 Å². The highest BCUT2D eigenvalue weighted by Gasteiger charge is 2.20. The van der Waals surface area contributed by atoms with E-state index in [0.29, 0.717) is 20.6 Å². The fraction of sp³-hybridized carbons (Fsp3) is 0. The summed E-state index contributed by atoms with van der Waals surface area (Å²) in [6, 6.07) is 19.1. The number of carbonyl (C=O) groups is 2. The first-order valence-corrected chi connectivity index (χ1v) is 10.4. The number of hydrogen-bond acceptors (Lipinski definition) is 4. The third-order valence-corrected chi connectivity index (χ3v) is 6.30. The molecule has 5 nitrogen and oxygen atoms in total. The lowest BCUT2D eigenvalue weighted by molar-refractivity contribution is 0.0698. The predicted octanol–water partition coefficient (Wildman–Crippen LogP) is 6.90. The van der Waals surface area contributed by atoms with Crippen molar-refractivity contribution in [3.05, 3.63) is 87.2 Å². The third-order valence-electron chi connectivity index (χ3n) is 4.37. The maximum atomic E-state index is 12.9. The molecule has 0 unspecified atom stereocenters. The zero-order valence-electron chi connectivity index (χ0n) is 15.3. The van der Waals surface area contributed by atoms with Gasteiger partial charge in [-0.25, -0.2) is 4.79 Å². The van der Waals surface area contributed by atoms with Crippen molar-refractivity contribution in [1.29, 1.82) is 0 Å². The van der Waals surface area contributed by atoms with E-state index in [1.165, 1.54) is 17.4 Å². The largest absolute Gasteiger partial charge is 0.478 e. The van der Waals surface area contributed by atoms with Crippen LogP contribution in [0, 0.1) is 0 Å². The maximum absolute atomic E-state index is 12.9. The lowest BCUT2D eigenvalue weighted by Crippen LogP contribution is -2.14. The summed E-state index contributed by atoms with van der Waals surface area (Å²) in [7, 11) is 0. The number of halogens is 2. The zero-order chi connectivity index (χ0) is 21.3. The molecule has 0 bridgehead atoms. The molecule has 150 valence electrons. The van der Waals surface area contributed by atoms with Gasteiger partial charge in [-0.05, 0) is 48.5 Å². The molecule has 0 aliphatic heterocycles. The molecule has 8 heteroatoms. The van der Waals surface area contributed by atoms with Crippen LogP contribution in [0.15, 0.2) is 66.7 Å². The number of aromatic carboxylic acids is 1. The van der Waals surface area contributed by atoms with Crippen molar-refractivity contribution in [2.45, 2.75) is 0 Å². The van der Waals surface area contributed by atoms with Crippen molar-refractivity contribution in [2.24, 2.45) is 0 Å². The van der Waals surface area contributed by atoms with E-state index >= 15 is 0 Å². The molecular weight excluding hydrogens is 443 g/mol. The zero-order valence-corrected chi connectivity index (χ0v) is 17.6. The summed E-state index contributed by atoms with van der Waals surface area (Å²) < 4.78 is 0.879. The Hall–Kier alpha value is -3.06. The first-order chi connectivity index (χ1) is 14.4. The van der Waals surface area contributed by atoms with Gasteiger partial charge < -0.3 is 15.7 Å². The number of benzene rings is 3. The van der Waals surface area contributed by atoms with Crippen molar-refractivity contribution < 1.29 is 14.7 Å². The Labute approximate surface area is 185 Å². The van der Waals surface area contributed by atoms with Crippen molar-refractivity contribution in [3.63, 3.8) is 0 Å². The van der Waals surface area contributed by atoms with E-state index < -0.39 is 11.9 Å². The smallest absolute Gasteiger partial charge is 0.337 e. The van der Waals surface area contributed by atoms with Crippen LogP contribution in [0.3, 0.4) is 0 Å². The van der Waals surface area contributed by atoms with Crippen molar-refractivity contribution >= 4 is 73.6 Å². The molecule has 3 aromatic carbocycles. The van der Waals surface area contributed by atoms with Gasteiger partial charge >= 0.3 is 5.97 Å². The van der Waals surface area contributed by atoms with Crippen LogP contribution in [0.2, 0.25) is 10.0 Å². The molecule has 0 fully saturated rings. The number of carboxylic acid groups (broad SMARTS) is 1. The quantitative estimate of drug-likeness (QED) is 0.305. The lowest BCUT2D eigenvalue weighted by Gasteiger charge is -2.12. The number of amides is 1. The van der Waals surface area contributed by atoms with Gasteiger partial charge in [-0.1, -0.05) is 41.4 Å². The van der Waals surface area contributed by atoms with E-state index in [1.807, 2.05) is 24.3 Å². The molecule has 4 rings (SSSR count). The highest BCUT2D eigenvalue weighted by Crippen LogP contribution is 2.36. The molecule has 1 amide bonds. The average molecular weight is 457 g/mol. The molecule has 3 N–H and O–H groups in total. The summed E-state index contributed by atoms with van der Waals surface area (Å²) in [6.45, 7) is 0. The van der Waals surface area contributed by atoms with Gasteiger partial charge in [0.15, 0.2) is 0 Å². The molecule has 0 spiro atoms. The number of hydrogen-bond donors (Lipinski definition) is 3. The molecule has 4 aromatic rings. The molecule has 1 heterocycles. The van der Waals surface area contributed by atoms with Crippen molar-refractivity contribution in [3.8, 4) is 0 Å². The Bertz CT molecular complexity index is 1270. The van der Waals surface area contributed by atoms with E-state index in [9.17, 15) is 14.7 Å². The first-order valence-electron chi connectivity index (χ1n) is 8.80. The van der Waals surface area contributed by atoms with Gasteiger partial charge in [0.2, 0.25) is 0 Å². The molecule has 0 atom stereocenters. The number of anilines is 3. The normalized spacial score (nSPS) is 10.7. The van der Waals surface area contributed by atoms with E-state index in [0.717, 1.165) is 15.8 Å². The Morgan fingerprint density at radius 2 is 1.60 bits per heavy atom. The van der Waals surface area contributed by atoms with Gasteiger partial charge in [0.1, 0.15) is 4.88 Å². The van der Waals surface area contributed by atoms with E-state index in [1.54, 1.807) is 36.4 Å². The molecule has 0 saturated carbocycles. The van der Waals surface area contributed by atoms with Crippen LogP contribution in [0.25, 0.3) is 10.1 Å². The number of carboxylic acids is 1. The third kappa shape index (κ3) is 4.11. The molecule has 0 aliphatic rings. The summed E-state index contributed by atoms with van der Waals surface area (Å²) in [6.07, 6.45) is 0. The average Bonchev–Trinajstić information content (AvgIpc) is 3.07. The predicted molar refractivity (Wildman–Crippen MR) is 123 cm³/mol. The Morgan fingerprint density at radius 1 is 0.900 bits per heavy atom. The number of fused-ring (bicyclic) bond motifs is 1. The van der Waals surface area contributed by atoms with Crippen LogP contribution in [-0.4, -0.2) is 17.0 Å². The van der Waals surface area contributed by atoms with E-state index in [2.05, 4.69) is 10.6 Å². The second kappa shape index (κ2) is 8.36. The van der Waals surface area contributed by atoms with Gasteiger partial charge in [-0.2, -0.15) is 0 Å².